The summed E-state index contributed by atoms with van der Waals surface area (Å²) in [5.74, 6) is -0.426. The molecule has 1 fully saturated rings. The van der Waals surface area contributed by atoms with Crippen LogP contribution in [0, 0.1) is 5.82 Å². The van der Waals surface area contributed by atoms with E-state index in [0.717, 1.165) is 19.3 Å². The number of hydrogen-bond donors (Lipinski definition) is 0. The minimum atomic E-state index is -0.410. The Hall–Kier alpha value is -1.29. The van der Waals surface area contributed by atoms with E-state index in [1.54, 1.807) is 0 Å². The van der Waals surface area contributed by atoms with Gasteiger partial charge in [0, 0.05) is 18.5 Å². The van der Waals surface area contributed by atoms with Crippen LogP contribution in [-0.2, 0) is 0 Å². The van der Waals surface area contributed by atoms with Crippen molar-refractivity contribution in [3.8, 4) is 0 Å². The molecule has 98 valence electrons. The molecule has 1 aromatic rings. The van der Waals surface area contributed by atoms with Crippen molar-refractivity contribution in [1.82, 2.24) is 9.88 Å². The number of carbonyl (C=O) groups is 1. The van der Waals surface area contributed by atoms with E-state index in [4.69, 9.17) is 0 Å². The van der Waals surface area contributed by atoms with Crippen molar-refractivity contribution in [1.29, 1.82) is 0 Å². The molecule has 1 saturated heterocycles. The maximum atomic E-state index is 12.7. The zero-order valence-corrected chi connectivity index (χ0v) is 10.9. The number of carbonyl (C=O) groups excluding carboxylic acids is 1. The number of likely N-dealkylation sites (tertiary alicyclic amines) is 1. The van der Waals surface area contributed by atoms with Gasteiger partial charge in [-0.1, -0.05) is 0 Å². The molecule has 1 aliphatic heterocycles. The Morgan fingerprint density at radius 2 is 2.28 bits per heavy atom. The van der Waals surface area contributed by atoms with Crippen LogP contribution in [0.5, 0.6) is 0 Å². The van der Waals surface area contributed by atoms with Gasteiger partial charge >= 0.3 is 0 Å². The van der Waals surface area contributed by atoms with Crippen LogP contribution in [0.25, 0.3) is 0 Å². The van der Waals surface area contributed by atoms with Crippen molar-refractivity contribution in [3.63, 3.8) is 0 Å². The highest BCUT2D eigenvalue weighted by Gasteiger charge is 2.31. The minimum Gasteiger partial charge on any atom is -0.298 e. The lowest BCUT2D eigenvalue weighted by Gasteiger charge is -2.31. The van der Waals surface area contributed by atoms with Gasteiger partial charge in [0.05, 0.1) is 6.20 Å². The summed E-state index contributed by atoms with van der Waals surface area (Å²) < 4.78 is 12.7. The lowest BCUT2D eigenvalue weighted by molar-refractivity contribution is 0.0937. The van der Waals surface area contributed by atoms with Crippen molar-refractivity contribution >= 4 is 5.78 Å². The second-order valence-corrected chi connectivity index (χ2v) is 5.44. The standard InChI is InChI=1S/C14H19FN2O/c1-14(2)7-3-8-17(14)9-6-13(18)12-5-4-11(15)10-16-12/h4-5,10H,3,6-9H2,1-2H3. The lowest BCUT2D eigenvalue weighted by atomic mass is 10.0. The van der Waals surface area contributed by atoms with E-state index in [-0.39, 0.29) is 11.3 Å². The topological polar surface area (TPSA) is 33.2 Å². The van der Waals surface area contributed by atoms with Gasteiger partial charge in [0.1, 0.15) is 11.5 Å². The second kappa shape index (κ2) is 5.14. The SMILES string of the molecule is CC1(C)CCCN1CCC(=O)c1ccc(F)cn1. The molecule has 0 aromatic carbocycles. The average Bonchev–Trinajstić information content (AvgIpc) is 2.66. The Kier molecular flexibility index (Phi) is 3.76. The molecule has 3 nitrogen and oxygen atoms in total. The Bertz CT molecular complexity index is 428. The number of aromatic nitrogens is 1. The fourth-order valence-electron chi connectivity index (χ4n) is 2.48. The lowest BCUT2D eigenvalue weighted by Crippen LogP contribution is -2.39. The highest BCUT2D eigenvalue weighted by atomic mass is 19.1. The number of ketones is 1. The first-order valence-electron chi connectivity index (χ1n) is 6.39. The maximum absolute atomic E-state index is 12.7. The molecular formula is C14H19FN2O. The number of hydrogen-bond acceptors (Lipinski definition) is 3. The van der Waals surface area contributed by atoms with Crippen LogP contribution in [0.1, 0.15) is 43.6 Å². The first kappa shape index (κ1) is 13.1. The molecule has 0 aliphatic carbocycles. The zero-order valence-electron chi connectivity index (χ0n) is 10.9. The number of halogens is 1. The van der Waals surface area contributed by atoms with Crippen LogP contribution in [0.2, 0.25) is 0 Å². The first-order valence-corrected chi connectivity index (χ1v) is 6.39. The van der Waals surface area contributed by atoms with Crippen LogP contribution in [0.3, 0.4) is 0 Å². The van der Waals surface area contributed by atoms with Crippen LogP contribution >= 0.6 is 0 Å². The Balaban J connectivity index is 1.90. The molecule has 2 rings (SSSR count). The smallest absolute Gasteiger partial charge is 0.182 e. The van der Waals surface area contributed by atoms with Crippen molar-refractivity contribution in [2.45, 2.75) is 38.6 Å². The summed E-state index contributed by atoms with van der Waals surface area (Å²) in [5.41, 5.74) is 0.546. The normalized spacial score (nSPS) is 19.1. The number of rotatable bonds is 4. The molecule has 0 amide bonds. The number of Topliss-reactive ketones (excluding diaryl/α,β-unsaturated/α-hetero) is 1. The predicted molar refractivity (Wildman–Crippen MR) is 68.0 cm³/mol. The quantitative estimate of drug-likeness (QED) is 0.770. The van der Waals surface area contributed by atoms with Crippen molar-refractivity contribution < 1.29 is 9.18 Å². The van der Waals surface area contributed by atoms with Crippen molar-refractivity contribution in [3.05, 3.63) is 29.8 Å². The molecule has 0 saturated carbocycles. The van der Waals surface area contributed by atoms with Crippen molar-refractivity contribution in [2.75, 3.05) is 13.1 Å². The van der Waals surface area contributed by atoms with Gasteiger partial charge in [-0.25, -0.2) is 4.39 Å². The summed E-state index contributed by atoms with van der Waals surface area (Å²) in [5, 5.41) is 0. The van der Waals surface area contributed by atoms with Gasteiger partial charge in [0.15, 0.2) is 5.78 Å². The third-order valence-electron chi connectivity index (χ3n) is 3.69. The highest BCUT2D eigenvalue weighted by Crippen LogP contribution is 2.28. The van der Waals surface area contributed by atoms with Gasteiger partial charge in [0.2, 0.25) is 0 Å². The third-order valence-corrected chi connectivity index (χ3v) is 3.69. The minimum absolute atomic E-state index is 0.0160. The molecule has 0 unspecified atom stereocenters. The molecule has 1 aliphatic rings. The fraction of sp³-hybridized carbons (Fsp3) is 0.571. The van der Waals surface area contributed by atoms with Gasteiger partial charge in [0.25, 0.3) is 0 Å². The monoisotopic (exact) mass is 250 g/mol. The summed E-state index contributed by atoms with van der Waals surface area (Å²) in [6.45, 7) is 6.23. The summed E-state index contributed by atoms with van der Waals surface area (Å²) in [6, 6.07) is 2.73. The molecule has 0 N–H and O–H groups in total. The first-order chi connectivity index (χ1) is 8.49. The van der Waals surface area contributed by atoms with E-state index in [0.29, 0.717) is 12.1 Å². The maximum Gasteiger partial charge on any atom is 0.182 e. The molecule has 0 radical (unpaired) electrons. The molecular weight excluding hydrogens is 231 g/mol. The molecule has 0 bridgehead atoms. The Morgan fingerprint density at radius 1 is 1.50 bits per heavy atom. The van der Waals surface area contributed by atoms with E-state index >= 15 is 0 Å². The fourth-order valence-corrected chi connectivity index (χ4v) is 2.48. The molecule has 2 heterocycles. The molecule has 18 heavy (non-hydrogen) atoms. The molecule has 0 atom stereocenters. The largest absolute Gasteiger partial charge is 0.298 e. The van der Waals surface area contributed by atoms with Crippen LogP contribution in [0.15, 0.2) is 18.3 Å². The van der Waals surface area contributed by atoms with E-state index in [9.17, 15) is 9.18 Å². The van der Waals surface area contributed by atoms with E-state index in [1.807, 2.05) is 0 Å². The van der Waals surface area contributed by atoms with Gasteiger partial charge < -0.3 is 0 Å². The van der Waals surface area contributed by atoms with Gasteiger partial charge in [-0.2, -0.15) is 0 Å². The number of pyridine rings is 1. The molecule has 1 aromatic heterocycles. The Labute approximate surface area is 107 Å². The summed E-state index contributed by atoms with van der Waals surface area (Å²) in [4.78, 5) is 18.1. The average molecular weight is 250 g/mol. The highest BCUT2D eigenvalue weighted by molar-refractivity contribution is 5.94. The van der Waals surface area contributed by atoms with Crippen molar-refractivity contribution in [2.24, 2.45) is 0 Å². The molecule has 4 heteroatoms. The zero-order chi connectivity index (χ0) is 13.2. The van der Waals surface area contributed by atoms with E-state index in [2.05, 4.69) is 23.7 Å². The van der Waals surface area contributed by atoms with Crippen LogP contribution < -0.4 is 0 Å². The van der Waals surface area contributed by atoms with E-state index < -0.39 is 5.82 Å². The van der Waals surface area contributed by atoms with E-state index in [1.165, 1.54) is 25.0 Å². The van der Waals surface area contributed by atoms with Crippen LogP contribution in [-0.4, -0.2) is 34.3 Å². The molecule has 0 spiro atoms. The number of nitrogens with zero attached hydrogens (tertiary/aromatic N) is 2. The Morgan fingerprint density at radius 3 is 2.83 bits per heavy atom. The summed E-state index contributed by atoms with van der Waals surface area (Å²) in [6.07, 6.45) is 3.90. The van der Waals surface area contributed by atoms with Gasteiger partial charge in [-0.05, 0) is 45.4 Å². The second-order valence-electron chi connectivity index (χ2n) is 5.44. The van der Waals surface area contributed by atoms with Crippen LogP contribution in [0.4, 0.5) is 4.39 Å². The summed E-state index contributed by atoms with van der Waals surface area (Å²) >= 11 is 0. The third kappa shape index (κ3) is 2.93. The summed E-state index contributed by atoms with van der Waals surface area (Å²) in [7, 11) is 0. The predicted octanol–water partition coefficient (Wildman–Crippen LogP) is 2.67. The van der Waals surface area contributed by atoms with Gasteiger partial charge in [-0.15, -0.1) is 0 Å². The van der Waals surface area contributed by atoms with Gasteiger partial charge in [-0.3, -0.25) is 14.7 Å².